The summed E-state index contributed by atoms with van der Waals surface area (Å²) in [6.45, 7) is 0. The molecule has 4 heteroatoms. The first-order valence-electron chi connectivity index (χ1n) is 5.14. The van der Waals surface area contributed by atoms with Crippen LogP contribution in [0.2, 0.25) is 0 Å². The quantitative estimate of drug-likeness (QED) is 0.676. The van der Waals surface area contributed by atoms with E-state index in [1.165, 1.54) is 0 Å². The van der Waals surface area contributed by atoms with Gasteiger partial charge in [0.1, 0.15) is 5.52 Å². The van der Waals surface area contributed by atoms with Crippen molar-refractivity contribution < 1.29 is 13.9 Å². The van der Waals surface area contributed by atoms with Gasteiger partial charge in [-0.3, -0.25) is 0 Å². The lowest BCUT2D eigenvalue weighted by atomic mass is 10.1. The fourth-order valence-corrected chi connectivity index (χ4v) is 1.85. The topological polar surface area (TPSA) is 44.5 Å². The third-order valence-electron chi connectivity index (χ3n) is 2.65. The van der Waals surface area contributed by atoms with Crippen LogP contribution in [-0.2, 0) is 0 Å². The third-order valence-corrected chi connectivity index (χ3v) is 2.65. The van der Waals surface area contributed by atoms with Crippen molar-refractivity contribution in [2.24, 2.45) is 0 Å². The molecule has 1 radical (unpaired) electrons. The zero-order valence-corrected chi connectivity index (χ0v) is 9.48. The van der Waals surface area contributed by atoms with Crippen molar-refractivity contribution in [3.8, 4) is 11.5 Å². The van der Waals surface area contributed by atoms with Crippen LogP contribution in [0.15, 0.2) is 28.9 Å². The molecule has 0 atom stereocenters. The van der Waals surface area contributed by atoms with Gasteiger partial charge < -0.3 is 13.9 Å². The van der Waals surface area contributed by atoms with Crippen LogP contribution >= 0.6 is 0 Å². The molecule has 0 fully saturated rings. The largest absolute Gasteiger partial charge is 0.493 e. The molecule has 0 aliphatic rings. The van der Waals surface area contributed by atoms with Gasteiger partial charge in [0.2, 0.25) is 5.71 Å². The number of benzene rings is 1. The van der Waals surface area contributed by atoms with Gasteiger partial charge in [-0.15, -0.1) is 0 Å². The van der Waals surface area contributed by atoms with Crippen LogP contribution in [0.3, 0.4) is 0 Å². The Morgan fingerprint density at radius 1 is 1.12 bits per heavy atom. The van der Waals surface area contributed by atoms with Crippen LogP contribution in [0.4, 0.5) is 0 Å². The smallest absolute Gasteiger partial charge is 0.227 e. The predicted molar refractivity (Wildman–Crippen MR) is 63.5 cm³/mol. The first-order valence-corrected chi connectivity index (χ1v) is 5.14. The van der Waals surface area contributed by atoms with Crippen molar-refractivity contribution in [1.29, 1.82) is 0 Å². The molecule has 0 saturated heterocycles. The summed E-state index contributed by atoms with van der Waals surface area (Å²) in [7, 11) is 3.18. The molecular formula is C13H10NO3. The van der Waals surface area contributed by atoms with Gasteiger partial charge in [-0.1, -0.05) is 0 Å². The number of rotatable bonds is 2. The van der Waals surface area contributed by atoms with E-state index in [0.29, 0.717) is 22.7 Å². The molecule has 85 valence electrons. The molecule has 0 aliphatic heterocycles. The number of furan rings is 1. The van der Waals surface area contributed by atoms with E-state index in [9.17, 15) is 0 Å². The number of ether oxygens (including phenoxy) is 2. The Balaban J connectivity index is 2.43. The van der Waals surface area contributed by atoms with Crippen LogP contribution in [0, 0.1) is 6.07 Å². The summed E-state index contributed by atoms with van der Waals surface area (Å²) in [6, 6.07) is 8.79. The lowest BCUT2D eigenvalue weighted by molar-refractivity contribution is 0.358. The van der Waals surface area contributed by atoms with Crippen molar-refractivity contribution >= 4 is 22.0 Å². The van der Waals surface area contributed by atoms with Crippen LogP contribution in [0.25, 0.3) is 22.0 Å². The second-order valence-electron chi connectivity index (χ2n) is 3.57. The Kier molecular flexibility index (Phi) is 2.14. The fourth-order valence-electron chi connectivity index (χ4n) is 1.85. The maximum Gasteiger partial charge on any atom is 0.227 e. The number of aromatic nitrogens is 1. The highest BCUT2D eigenvalue weighted by Crippen LogP contribution is 2.35. The van der Waals surface area contributed by atoms with Gasteiger partial charge in [0, 0.05) is 16.8 Å². The highest BCUT2D eigenvalue weighted by molar-refractivity contribution is 5.94. The van der Waals surface area contributed by atoms with Crippen molar-refractivity contribution in [1.82, 2.24) is 4.98 Å². The van der Waals surface area contributed by atoms with Crippen molar-refractivity contribution in [3.63, 3.8) is 0 Å². The van der Waals surface area contributed by atoms with Crippen LogP contribution in [0.5, 0.6) is 11.5 Å². The van der Waals surface area contributed by atoms with E-state index in [2.05, 4.69) is 11.1 Å². The van der Waals surface area contributed by atoms with Crippen LogP contribution in [0.1, 0.15) is 0 Å². The summed E-state index contributed by atoms with van der Waals surface area (Å²) in [5.41, 5.74) is 1.23. The Morgan fingerprint density at radius 2 is 2.00 bits per heavy atom. The zero-order chi connectivity index (χ0) is 11.8. The summed E-state index contributed by atoms with van der Waals surface area (Å²) in [5, 5.41) is 1.72. The van der Waals surface area contributed by atoms with Gasteiger partial charge in [0.25, 0.3) is 0 Å². The van der Waals surface area contributed by atoms with E-state index in [1.54, 1.807) is 20.5 Å². The van der Waals surface area contributed by atoms with E-state index in [1.807, 2.05) is 18.2 Å². The number of methoxy groups -OCH3 is 2. The number of hydrogen-bond donors (Lipinski definition) is 0. The van der Waals surface area contributed by atoms with Gasteiger partial charge in [0.15, 0.2) is 11.5 Å². The molecule has 2 aromatic heterocycles. The van der Waals surface area contributed by atoms with E-state index >= 15 is 0 Å². The zero-order valence-electron chi connectivity index (χ0n) is 9.48. The molecule has 2 heterocycles. The Hall–Kier alpha value is -2.23. The lowest BCUT2D eigenvalue weighted by Crippen LogP contribution is -1.93. The maximum absolute atomic E-state index is 5.33. The first-order chi connectivity index (χ1) is 8.33. The van der Waals surface area contributed by atoms with E-state index < -0.39 is 0 Å². The molecule has 0 saturated carbocycles. The van der Waals surface area contributed by atoms with Gasteiger partial charge in [-0.2, -0.15) is 0 Å². The summed E-state index contributed by atoms with van der Waals surface area (Å²) in [4.78, 5) is 4.41. The van der Waals surface area contributed by atoms with Gasteiger partial charge in [0.05, 0.1) is 20.5 Å². The monoisotopic (exact) mass is 228 g/mol. The summed E-state index contributed by atoms with van der Waals surface area (Å²) in [5.74, 6) is 1.24. The van der Waals surface area contributed by atoms with Gasteiger partial charge in [-0.25, -0.2) is 4.98 Å². The SMILES string of the molecule is COc1ccc2[c]c3ccoc3nc2c1OC. The Morgan fingerprint density at radius 3 is 2.76 bits per heavy atom. The van der Waals surface area contributed by atoms with E-state index in [0.717, 1.165) is 10.8 Å². The number of hydrogen-bond acceptors (Lipinski definition) is 4. The van der Waals surface area contributed by atoms with E-state index in [4.69, 9.17) is 13.9 Å². The van der Waals surface area contributed by atoms with Crippen LogP contribution in [-0.4, -0.2) is 19.2 Å². The number of nitrogens with zero attached hydrogens (tertiary/aromatic N) is 1. The molecule has 3 rings (SSSR count). The van der Waals surface area contributed by atoms with Gasteiger partial charge >= 0.3 is 0 Å². The predicted octanol–water partition coefficient (Wildman–Crippen LogP) is 2.80. The molecule has 0 bridgehead atoms. The highest BCUT2D eigenvalue weighted by Gasteiger charge is 2.12. The van der Waals surface area contributed by atoms with Gasteiger partial charge in [-0.05, 0) is 18.2 Å². The Bertz CT molecular complexity index is 688. The minimum absolute atomic E-state index is 0.545. The van der Waals surface area contributed by atoms with Crippen molar-refractivity contribution in [2.45, 2.75) is 0 Å². The average molecular weight is 228 g/mol. The molecule has 0 aliphatic carbocycles. The summed E-state index contributed by atoms with van der Waals surface area (Å²) >= 11 is 0. The average Bonchev–Trinajstić information content (AvgIpc) is 2.81. The summed E-state index contributed by atoms with van der Waals surface area (Å²) in [6.07, 6.45) is 1.59. The molecule has 0 N–H and O–H groups in total. The molecule has 0 unspecified atom stereocenters. The number of fused-ring (bicyclic) bond motifs is 2. The Labute approximate surface area is 97.8 Å². The fraction of sp³-hybridized carbons (Fsp3) is 0.154. The molecule has 0 spiro atoms. The highest BCUT2D eigenvalue weighted by atomic mass is 16.5. The summed E-state index contributed by atoms with van der Waals surface area (Å²) < 4.78 is 15.8. The number of pyridine rings is 1. The van der Waals surface area contributed by atoms with E-state index in [-0.39, 0.29) is 0 Å². The van der Waals surface area contributed by atoms with Crippen molar-refractivity contribution in [2.75, 3.05) is 14.2 Å². The third kappa shape index (κ3) is 1.41. The maximum atomic E-state index is 5.33. The molecule has 1 aromatic carbocycles. The molecular weight excluding hydrogens is 218 g/mol. The molecule has 17 heavy (non-hydrogen) atoms. The minimum Gasteiger partial charge on any atom is -0.493 e. The molecule has 3 aromatic rings. The normalized spacial score (nSPS) is 10.9. The standard InChI is InChI=1S/C13H10NO3/c1-15-10-4-3-8-7-9-5-6-17-13(9)14-11(8)12(10)16-2/h3-6H,1-2H3. The minimum atomic E-state index is 0.545. The molecule has 4 nitrogen and oxygen atoms in total. The van der Waals surface area contributed by atoms with Crippen LogP contribution < -0.4 is 9.47 Å². The lowest BCUT2D eigenvalue weighted by Gasteiger charge is -2.09. The van der Waals surface area contributed by atoms with Crippen molar-refractivity contribution in [3.05, 3.63) is 30.5 Å². The second-order valence-corrected chi connectivity index (χ2v) is 3.57. The first kappa shape index (κ1) is 9.96. The molecule has 0 amide bonds. The second kappa shape index (κ2) is 3.66.